The van der Waals surface area contributed by atoms with Crippen molar-refractivity contribution in [1.82, 2.24) is 0 Å². The Labute approximate surface area is 842 Å². The van der Waals surface area contributed by atoms with Crippen molar-refractivity contribution in [1.29, 1.82) is 0 Å². The molecule has 2 heterocycles. The van der Waals surface area contributed by atoms with E-state index in [4.69, 9.17) is 22.6 Å². The highest BCUT2D eigenvalue weighted by Gasteiger charge is 2.43. The molecule has 0 radical (unpaired) electrons. The molecule has 0 amide bonds. The smallest absolute Gasteiger partial charge is 0.0647 e. The molecule has 0 aliphatic heterocycles. The van der Waals surface area contributed by atoms with Crippen molar-refractivity contribution in [2.45, 2.75) is 339 Å². The third kappa shape index (κ3) is 20.5. The highest BCUT2D eigenvalue weighted by atomic mass is 35.5. The molecule has 12 aromatic carbocycles. The SMILES string of the molecule is C.C.CC(C)(C)c1ccc(Nc2csc3cc4c(cc23)C(C)(C)CCC4(C)C)cc1.[2H]c1c([2H])c([2H])c(-c2cc(C(C)(C)C)ccc2N(c2cc(C)cc(Cl)c2)c2ccc3c(c2)C(C)(C)CCC3(C)C)c([2H])c1[2H].[2H]c1c([2H])c([2H])c(-c2cc(C(C)(C)C)ccc2N(c2cc(C)cc(N(c3ccc(C(C)(C)C)cc3)c3csc4cc5c(cc34)C(C)(C)CCC5(C)C)c2)c2ccc3c(c2)C(C)(C)CCC3(C)C)c([2H])c1[2H]. The van der Waals surface area contributed by atoms with Gasteiger partial charge in [0.25, 0.3) is 0 Å². The van der Waals surface area contributed by atoms with Gasteiger partial charge in [0.05, 0.1) is 36.5 Å². The van der Waals surface area contributed by atoms with E-state index in [9.17, 15) is 2.74 Å². The van der Waals surface area contributed by atoms with Gasteiger partial charge in [-0.1, -0.05) is 329 Å². The van der Waals surface area contributed by atoms with Crippen molar-refractivity contribution in [2.75, 3.05) is 20.0 Å². The summed E-state index contributed by atoms with van der Waals surface area (Å²) in [5.41, 5.74) is 30.3. The van der Waals surface area contributed by atoms with E-state index in [1.807, 2.05) is 53.9 Å². The average Bonchev–Trinajstić information content (AvgIpc) is 0.976. The fourth-order valence-electron chi connectivity index (χ4n) is 20.9. The van der Waals surface area contributed by atoms with E-state index in [-0.39, 0.29) is 139 Å². The number of nitrogens with one attached hydrogen (secondary N) is 1. The lowest BCUT2D eigenvalue weighted by Gasteiger charge is -2.42. The summed E-state index contributed by atoms with van der Waals surface area (Å²) in [6.07, 6.45) is 9.11. The number of nitrogens with zero attached hydrogens (tertiary/aromatic N) is 3. The second kappa shape index (κ2) is 36.8. The molecular formula is C128H157ClN4S2. The Balaban J connectivity index is 0.000000190. The zero-order valence-electron chi connectivity index (χ0n) is 95.2. The van der Waals surface area contributed by atoms with Crippen molar-refractivity contribution in [2.24, 2.45) is 0 Å². The molecule has 18 rings (SSSR count). The minimum absolute atomic E-state index is 0. The first kappa shape index (κ1) is 87.8. The van der Waals surface area contributed by atoms with Crippen LogP contribution in [0.3, 0.4) is 0 Å². The van der Waals surface area contributed by atoms with Crippen LogP contribution in [0.5, 0.6) is 0 Å². The van der Waals surface area contributed by atoms with Gasteiger partial charge in [-0.25, -0.2) is 0 Å². The summed E-state index contributed by atoms with van der Waals surface area (Å²) in [4.78, 5) is 6.84. The molecule has 14 aromatic rings. The van der Waals surface area contributed by atoms with Crippen LogP contribution in [0.15, 0.2) is 253 Å². The number of thiophene rings is 2. The van der Waals surface area contributed by atoms with Crippen LogP contribution in [-0.2, 0) is 65.0 Å². The monoisotopic (exact) mass is 1860 g/mol. The lowest BCUT2D eigenvalue weighted by atomic mass is 9.63. The molecule has 7 heteroatoms. The van der Waals surface area contributed by atoms with Gasteiger partial charge in [0.15, 0.2) is 0 Å². The van der Waals surface area contributed by atoms with Gasteiger partial charge in [-0.2, -0.15) is 0 Å². The fraction of sp³-hybridized carbons (Fsp3) is 0.406. The van der Waals surface area contributed by atoms with Crippen LogP contribution in [0.25, 0.3) is 42.4 Å². The van der Waals surface area contributed by atoms with Gasteiger partial charge < -0.3 is 20.0 Å². The van der Waals surface area contributed by atoms with Crippen LogP contribution in [0.4, 0.5) is 62.6 Å². The Morgan fingerprint density at radius 3 is 0.993 bits per heavy atom. The zero-order valence-corrected chi connectivity index (χ0v) is 87.6. The molecule has 2 aromatic heterocycles. The molecule has 4 aliphatic carbocycles. The second-order valence-corrected chi connectivity index (χ2v) is 50.6. The van der Waals surface area contributed by atoms with E-state index in [1.54, 1.807) is 5.56 Å². The molecule has 1 N–H and O–H groups in total. The summed E-state index contributed by atoms with van der Waals surface area (Å²) >= 11 is 10.3. The average molecular weight is 1860 g/mol. The maximum atomic E-state index is 9.39. The lowest BCUT2D eigenvalue weighted by Crippen LogP contribution is -2.34. The Kier molecular flexibility index (Phi) is 23.9. The molecule has 0 saturated heterocycles. The topological polar surface area (TPSA) is 21.8 Å². The summed E-state index contributed by atoms with van der Waals surface area (Å²) in [7, 11) is 0. The Morgan fingerprint density at radius 1 is 0.296 bits per heavy atom. The van der Waals surface area contributed by atoms with E-state index >= 15 is 0 Å². The summed E-state index contributed by atoms with van der Waals surface area (Å²) in [6, 6.07) is 63.4. The molecule has 0 fully saturated rings. The normalized spacial score (nSPS) is 17.9. The maximum absolute atomic E-state index is 9.39. The minimum Gasteiger partial charge on any atom is -0.354 e. The highest BCUT2D eigenvalue weighted by Crippen LogP contribution is 2.57. The van der Waals surface area contributed by atoms with Crippen molar-refractivity contribution >= 4 is 117 Å². The predicted octanol–water partition coefficient (Wildman–Crippen LogP) is 40.1. The Morgan fingerprint density at radius 2 is 0.607 bits per heavy atom. The van der Waals surface area contributed by atoms with Crippen molar-refractivity contribution in [3.8, 4) is 22.3 Å². The van der Waals surface area contributed by atoms with Crippen molar-refractivity contribution in [3.63, 3.8) is 0 Å². The van der Waals surface area contributed by atoms with Crippen LogP contribution >= 0.6 is 34.3 Å². The van der Waals surface area contributed by atoms with Gasteiger partial charge in [0.2, 0.25) is 0 Å². The summed E-state index contributed by atoms with van der Waals surface area (Å²) in [5.74, 6) is 0. The standard InChI is InChI=1S/C63H74N2S.C37H42ClN.C26H33NS.2CH4/c1-41-33-47(64(45-24-21-43(22-25-45)58(2,3)4)56-40-66-57-39-54-53(38-50(56)57)62(12,13)31-32-63(54,14)15)36-48(34-41)65(46-26-27-51-52(37-46)61(10,11)30-29-60(51,8)9)55-28-23-44(59(5,6)7)35-49(55)42-19-17-16-18-20-42;1-25-20-28(38)23-30(21-25)39(29-15-16-32-33(24-29)37(7,8)19-18-36(32,5)6)34-17-14-27(35(2,3)4)22-31(34)26-12-10-9-11-13-26;1-24(2,3)17-8-10-18(11-9-17)27-22-16-28-23-15-21-20(14-19(22)23)25(4,5)12-13-26(21,6)7;;/h16-28,33-40H,29-32H2,1-15H3;9-17,20-24H,18-19H2,1-8H3;8-11,14-16,27H,12-13H2,1-7H3;2*1H4/i16D,17D,18D,19D,20D;9D,10D,11D,12D,13D;;;. The van der Waals surface area contributed by atoms with E-state index in [0.29, 0.717) is 21.8 Å². The van der Waals surface area contributed by atoms with E-state index < -0.39 is 12.1 Å². The number of aryl methyl sites for hydroxylation is 2. The number of benzene rings is 12. The molecule has 0 unspecified atom stereocenters. The largest absolute Gasteiger partial charge is 0.354 e. The van der Waals surface area contributed by atoms with Crippen LogP contribution in [0.2, 0.25) is 5.02 Å². The molecule has 0 saturated carbocycles. The van der Waals surface area contributed by atoms with Gasteiger partial charge in [-0.3, -0.25) is 0 Å². The van der Waals surface area contributed by atoms with Gasteiger partial charge in [0.1, 0.15) is 0 Å². The quantitative estimate of drug-likeness (QED) is 0.124. The molecule has 0 bridgehead atoms. The fourth-order valence-corrected chi connectivity index (χ4v) is 23.0. The lowest BCUT2D eigenvalue weighted by molar-refractivity contribution is 0.332. The number of hydrogen-bond acceptors (Lipinski definition) is 6. The number of halogens is 1. The van der Waals surface area contributed by atoms with Crippen LogP contribution in [-0.4, -0.2) is 0 Å². The molecule has 0 spiro atoms. The predicted molar refractivity (Wildman–Crippen MR) is 599 cm³/mol. The van der Waals surface area contributed by atoms with Crippen LogP contribution in [0, 0.1) is 13.8 Å². The van der Waals surface area contributed by atoms with Gasteiger partial charge >= 0.3 is 0 Å². The molecule has 708 valence electrons. The molecular weight excluding hydrogens is 1690 g/mol. The number of hydrogen-bond donors (Lipinski definition) is 1. The zero-order chi connectivity index (χ0) is 105. The summed E-state index contributed by atoms with van der Waals surface area (Å²) in [6.45, 7) is 68.3. The van der Waals surface area contributed by atoms with E-state index in [1.165, 1.54) is 88.8 Å². The number of rotatable bonds is 13. The summed E-state index contributed by atoms with van der Waals surface area (Å²) < 4.78 is 90.8. The Bertz CT molecular complexity index is 7260. The summed E-state index contributed by atoms with van der Waals surface area (Å²) in [5, 5.41) is 11.5. The number of anilines is 11. The molecule has 4 nitrogen and oxygen atoms in total. The first-order chi connectivity index (χ1) is 66.2. The van der Waals surface area contributed by atoms with Crippen molar-refractivity contribution in [3.05, 3.63) is 336 Å². The van der Waals surface area contributed by atoms with Gasteiger partial charge in [-0.05, 0) is 353 Å². The van der Waals surface area contributed by atoms with E-state index in [2.05, 4.69) is 389 Å². The second-order valence-electron chi connectivity index (χ2n) is 48.3. The number of fused-ring (bicyclic) bond motifs is 6. The van der Waals surface area contributed by atoms with E-state index in [0.717, 1.165) is 112 Å². The first-order valence-electron chi connectivity index (χ1n) is 53.4. The Hall–Kier alpha value is -9.95. The minimum atomic E-state index is -0.404. The van der Waals surface area contributed by atoms with Crippen LogP contribution < -0.4 is 20.0 Å². The van der Waals surface area contributed by atoms with Crippen molar-refractivity contribution < 1.29 is 13.7 Å². The molecule has 0 atom stereocenters. The van der Waals surface area contributed by atoms with Gasteiger partial charge in [0, 0.05) is 86.9 Å². The maximum Gasteiger partial charge on any atom is 0.0647 e. The highest BCUT2D eigenvalue weighted by molar-refractivity contribution is 7.18. The first-order valence-corrected chi connectivity index (χ1v) is 50.5. The molecule has 4 aliphatic rings. The van der Waals surface area contributed by atoms with Crippen LogP contribution in [0.1, 0.15) is 352 Å². The third-order valence-corrected chi connectivity index (χ3v) is 32.2. The van der Waals surface area contributed by atoms with Gasteiger partial charge in [-0.15, -0.1) is 22.7 Å². The molecule has 135 heavy (non-hydrogen) atoms. The third-order valence-electron chi connectivity index (χ3n) is 30.1.